The predicted octanol–water partition coefficient (Wildman–Crippen LogP) is 5.20. The largest absolute Gasteiger partial charge is 0.472 e. The van der Waals surface area contributed by atoms with Gasteiger partial charge in [-0.05, 0) is 56.7 Å². The molecule has 0 bridgehead atoms. The van der Waals surface area contributed by atoms with E-state index < -0.39 is 58.8 Å². The Morgan fingerprint density at radius 3 is 2.34 bits per heavy atom. The third-order valence-electron chi connectivity index (χ3n) is 8.81. The van der Waals surface area contributed by atoms with Gasteiger partial charge in [0.1, 0.15) is 18.2 Å². The number of halogens is 1. The van der Waals surface area contributed by atoms with E-state index in [1.807, 2.05) is 59.7 Å². The van der Waals surface area contributed by atoms with Crippen molar-refractivity contribution in [3.8, 4) is 17.3 Å². The van der Waals surface area contributed by atoms with Gasteiger partial charge in [0.25, 0.3) is 5.89 Å². The molecule has 3 N–H and O–H groups in total. The van der Waals surface area contributed by atoms with E-state index in [9.17, 15) is 19.2 Å². The number of amides is 4. The smallest absolute Gasteiger partial charge is 0.315 e. The minimum Gasteiger partial charge on any atom is -0.472 e. The van der Waals surface area contributed by atoms with Crippen molar-refractivity contribution in [1.82, 2.24) is 36.0 Å². The Kier molecular flexibility index (Phi) is 11.1. The molecule has 50 heavy (non-hydrogen) atoms. The summed E-state index contributed by atoms with van der Waals surface area (Å²) in [6.07, 6.45) is 4.28. The number of ether oxygens (including phenoxy) is 1. The van der Waals surface area contributed by atoms with Gasteiger partial charge in [-0.2, -0.15) is 4.98 Å². The second-order valence-corrected chi connectivity index (χ2v) is 15.6. The minimum atomic E-state index is -1.01. The second kappa shape index (κ2) is 15.2. The van der Waals surface area contributed by atoms with Gasteiger partial charge in [-0.3, -0.25) is 14.4 Å². The Balaban J connectivity index is 1.40. The average molecular weight is 708 g/mol. The Bertz CT molecular complexity index is 1660. The zero-order valence-corrected chi connectivity index (χ0v) is 30.1. The number of carbonyl (C=O) groups is 4. The lowest BCUT2D eigenvalue weighted by Crippen LogP contribution is -2.61. The van der Waals surface area contributed by atoms with Crippen LogP contribution in [-0.2, 0) is 9.59 Å². The first-order valence-electron chi connectivity index (χ1n) is 17.0. The fourth-order valence-corrected chi connectivity index (χ4v) is 6.15. The zero-order valence-electron chi connectivity index (χ0n) is 29.4. The summed E-state index contributed by atoms with van der Waals surface area (Å²) in [5, 5.41) is 13.0. The van der Waals surface area contributed by atoms with E-state index in [1.54, 1.807) is 24.3 Å². The summed E-state index contributed by atoms with van der Waals surface area (Å²) in [6.45, 7) is 11.1. The number of ketones is 1. The molecule has 2 aliphatic rings. The highest BCUT2D eigenvalue weighted by molar-refractivity contribution is 6.30. The number of benzene rings is 1. The van der Waals surface area contributed by atoms with Crippen molar-refractivity contribution in [3.63, 3.8) is 0 Å². The molecule has 14 heteroatoms. The number of nitrogens with zero attached hydrogens (tertiary/aromatic N) is 4. The molecule has 268 valence electrons. The number of rotatable bonds is 11. The molecule has 1 aliphatic heterocycles. The van der Waals surface area contributed by atoms with Crippen LogP contribution in [0.3, 0.4) is 0 Å². The Labute approximate surface area is 297 Å². The normalized spacial score (nSPS) is 19.2. The standard InChI is InChI=1S/C36H46ClN7O6/c1-35(2,3)29(40-34(48)42-36(4,5)6)33(47)44-20-24(49-27-16-15-23(37)19-38-27)18-26(44)31(46)39-25(17-21-11-10-12-21)28(45)30-41-32(50-43-30)22-13-8-7-9-14-22/h7-9,13-16,19,21,24-26,29H,10-12,17-18,20H2,1-6H3,(H,39,46)(H2,40,42,48)/t24-,25?,26+,29-/m1/s1. The van der Waals surface area contributed by atoms with Crippen LogP contribution in [0.4, 0.5) is 4.79 Å². The Morgan fingerprint density at radius 2 is 1.74 bits per heavy atom. The van der Waals surface area contributed by atoms with Crippen LogP contribution in [0.1, 0.15) is 84.3 Å². The molecule has 0 radical (unpaired) electrons. The molecular formula is C36H46ClN7O6. The Hall–Kier alpha value is -4.52. The number of urea groups is 1. The monoisotopic (exact) mass is 707 g/mol. The molecule has 1 unspecified atom stereocenters. The van der Waals surface area contributed by atoms with Gasteiger partial charge in [-0.25, -0.2) is 9.78 Å². The molecule has 1 saturated heterocycles. The summed E-state index contributed by atoms with van der Waals surface area (Å²) < 4.78 is 11.5. The van der Waals surface area contributed by atoms with Gasteiger partial charge in [0.2, 0.25) is 29.3 Å². The average Bonchev–Trinajstić information content (AvgIpc) is 3.69. The molecule has 4 atom stereocenters. The molecule has 5 rings (SSSR count). The molecule has 3 aromatic rings. The summed E-state index contributed by atoms with van der Waals surface area (Å²) in [6, 6.07) is 8.89. The van der Waals surface area contributed by atoms with Crippen molar-refractivity contribution in [1.29, 1.82) is 0 Å². The SMILES string of the molecule is CC(C)(C)NC(=O)N[C@H](C(=O)N1C[C@H](Oc2ccc(Cl)cn2)C[C@H]1C(=O)NC(CC1CCC1)C(=O)c1noc(-c2ccccc2)n1)C(C)(C)C. The molecule has 3 heterocycles. The van der Waals surface area contributed by atoms with E-state index >= 15 is 0 Å². The van der Waals surface area contributed by atoms with Crippen molar-refractivity contribution in [3.05, 3.63) is 59.5 Å². The van der Waals surface area contributed by atoms with Crippen LogP contribution in [0.15, 0.2) is 53.2 Å². The topological polar surface area (TPSA) is 169 Å². The molecule has 4 amide bonds. The maximum Gasteiger partial charge on any atom is 0.315 e. The van der Waals surface area contributed by atoms with E-state index in [1.165, 1.54) is 11.1 Å². The van der Waals surface area contributed by atoms with E-state index in [0.29, 0.717) is 17.0 Å². The molecule has 0 spiro atoms. The number of nitrogens with one attached hydrogen (secondary N) is 3. The number of hydrogen-bond donors (Lipinski definition) is 3. The molecule has 2 fully saturated rings. The first kappa shape index (κ1) is 36.8. The maximum absolute atomic E-state index is 14.4. The van der Waals surface area contributed by atoms with Crippen LogP contribution in [0.25, 0.3) is 11.5 Å². The van der Waals surface area contributed by atoms with E-state index in [2.05, 4.69) is 31.1 Å². The number of aromatic nitrogens is 3. The first-order valence-corrected chi connectivity index (χ1v) is 17.4. The summed E-state index contributed by atoms with van der Waals surface area (Å²) in [5.41, 5.74) is -0.598. The van der Waals surface area contributed by atoms with Crippen LogP contribution in [-0.4, -0.2) is 80.0 Å². The molecule has 2 aromatic heterocycles. The highest BCUT2D eigenvalue weighted by atomic mass is 35.5. The highest BCUT2D eigenvalue weighted by Gasteiger charge is 2.47. The number of carbonyl (C=O) groups excluding carboxylic acids is 4. The quantitative estimate of drug-likeness (QED) is 0.227. The van der Waals surface area contributed by atoms with Crippen molar-refractivity contribution < 1.29 is 28.4 Å². The first-order chi connectivity index (χ1) is 23.6. The lowest BCUT2D eigenvalue weighted by Gasteiger charge is -2.36. The summed E-state index contributed by atoms with van der Waals surface area (Å²) in [7, 11) is 0. The van der Waals surface area contributed by atoms with Crippen LogP contribution < -0.4 is 20.7 Å². The van der Waals surface area contributed by atoms with Crippen LogP contribution >= 0.6 is 11.6 Å². The fourth-order valence-electron chi connectivity index (χ4n) is 6.04. The van der Waals surface area contributed by atoms with Gasteiger partial charge in [0.05, 0.1) is 17.6 Å². The van der Waals surface area contributed by atoms with Gasteiger partial charge in [0, 0.05) is 29.8 Å². The lowest BCUT2D eigenvalue weighted by atomic mass is 9.80. The van der Waals surface area contributed by atoms with Gasteiger partial charge in [-0.1, -0.05) is 75.0 Å². The van der Waals surface area contributed by atoms with Crippen molar-refractivity contribution in [2.75, 3.05) is 6.54 Å². The molecular weight excluding hydrogens is 662 g/mol. The third-order valence-corrected chi connectivity index (χ3v) is 9.03. The summed E-state index contributed by atoms with van der Waals surface area (Å²) in [5.74, 6) is -0.861. The van der Waals surface area contributed by atoms with E-state index in [-0.39, 0.29) is 36.5 Å². The number of pyridine rings is 1. The van der Waals surface area contributed by atoms with Gasteiger partial charge < -0.3 is 30.1 Å². The molecule has 1 aliphatic carbocycles. The van der Waals surface area contributed by atoms with Gasteiger partial charge in [-0.15, -0.1) is 0 Å². The summed E-state index contributed by atoms with van der Waals surface area (Å²) in [4.78, 5) is 65.5. The molecule has 1 saturated carbocycles. The molecule has 1 aromatic carbocycles. The predicted molar refractivity (Wildman–Crippen MR) is 186 cm³/mol. The highest BCUT2D eigenvalue weighted by Crippen LogP contribution is 2.32. The molecule has 13 nitrogen and oxygen atoms in total. The zero-order chi connectivity index (χ0) is 36.2. The summed E-state index contributed by atoms with van der Waals surface area (Å²) >= 11 is 6.01. The lowest BCUT2D eigenvalue weighted by molar-refractivity contribution is -0.142. The van der Waals surface area contributed by atoms with Crippen LogP contribution in [0.2, 0.25) is 5.02 Å². The third kappa shape index (κ3) is 9.38. The van der Waals surface area contributed by atoms with Crippen molar-refractivity contribution in [2.45, 2.75) is 103 Å². The number of hydrogen-bond acceptors (Lipinski definition) is 9. The van der Waals surface area contributed by atoms with Crippen LogP contribution in [0, 0.1) is 11.3 Å². The van der Waals surface area contributed by atoms with Gasteiger partial charge in [0.15, 0.2) is 0 Å². The van der Waals surface area contributed by atoms with Crippen molar-refractivity contribution in [2.24, 2.45) is 11.3 Å². The maximum atomic E-state index is 14.4. The van der Waals surface area contributed by atoms with E-state index in [4.69, 9.17) is 20.9 Å². The second-order valence-electron chi connectivity index (χ2n) is 15.2. The van der Waals surface area contributed by atoms with Crippen molar-refractivity contribution >= 4 is 35.2 Å². The number of Topliss-reactive ketones (excluding diaryl/α,β-unsaturated/α-hetero) is 1. The van der Waals surface area contributed by atoms with E-state index in [0.717, 1.165) is 19.3 Å². The fraction of sp³-hybridized carbons (Fsp3) is 0.528. The van der Waals surface area contributed by atoms with Crippen LogP contribution in [0.5, 0.6) is 5.88 Å². The minimum absolute atomic E-state index is 0.0445. The van der Waals surface area contributed by atoms with Gasteiger partial charge >= 0.3 is 6.03 Å². The Morgan fingerprint density at radius 1 is 1.02 bits per heavy atom. The number of likely N-dealkylation sites (tertiary alicyclic amines) is 1.